The topological polar surface area (TPSA) is 38.3 Å². The van der Waals surface area contributed by atoms with Gasteiger partial charge in [0.25, 0.3) is 0 Å². The van der Waals surface area contributed by atoms with Crippen molar-refractivity contribution in [2.75, 3.05) is 13.7 Å². The second-order valence-corrected chi connectivity index (χ2v) is 6.55. The third-order valence-corrected chi connectivity index (χ3v) is 4.36. The van der Waals surface area contributed by atoms with E-state index in [1.165, 1.54) is 0 Å². The van der Waals surface area contributed by atoms with Gasteiger partial charge in [-0.3, -0.25) is 4.79 Å². The second-order valence-electron chi connectivity index (χ2n) is 4.05. The van der Waals surface area contributed by atoms with Crippen molar-refractivity contribution in [1.29, 1.82) is 0 Å². The van der Waals surface area contributed by atoms with Crippen LogP contribution in [0.4, 0.5) is 0 Å². The molecule has 3 nitrogen and oxygen atoms in total. The number of thiophene rings is 1. The zero-order chi connectivity index (χ0) is 12.8. The number of amides is 1. The zero-order valence-corrected chi connectivity index (χ0v) is 12.7. The van der Waals surface area contributed by atoms with Crippen LogP contribution in [0.5, 0.6) is 0 Å². The molecule has 2 unspecified atom stereocenters. The molecule has 1 rings (SSSR count). The fraction of sp³-hybridized carbons (Fsp3) is 0.583. The summed E-state index contributed by atoms with van der Waals surface area (Å²) in [7, 11) is 1.67. The number of carbonyl (C=O) groups excluding carboxylic acids is 1. The summed E-state index contributed by atoms with van der Waals surface area (Å²) in [4.78, 5) is 13.0. The summed E-state index contributed by atoms with van der Waals surface area (Å²) < 4.78 is 6.04. The molecule has 0 aliphatic rings. The summed E-state index contributed by atoms with van der Waals surface area (Å²) in [5.74, 6) is -0.0285. The summed E-state index contributed by atoms with van der Waals surface area (Å²) in [5.41, 5.74) is 0. The van der Waals surface area contributed by atoms with E-state index in [2.05, 4.69) is 21.2 Å². The molecule has 17 heavy (non-hydrogen) atoms. The maximum atomic E-state index is 12.0. The molecule has 1 N–H and O–H groups in total. The van der Waals surface area contributed by atoms with E-state index in [4.69, 9.17) is 4.74 Å². The SMILES string of the molecule is COCCC(C)NC(=O)C(C)c1ccc(Br)s1. The fourth-order valence-electron chi connectivity index (χ4n) is 1.42. The van der Waals surface area contributed by atoms with Crippen LogP contribution in [0.2, 0.25) is 0 Å². The van der Waals surface area contributed by atoms with Gasteiger partial charge in [-0.1, -0.05) is 0 Å². The summed E-state index contributed by atoms with van der Waals surface area (Å²) in [6.07, 6.45) is 0.836. The van der Waals surface area contributed by atoms with E-state index in [0.29, 0.717) is 6.61 Å². The number of hydrogen-bond donors (Lipinski definition) is 1. The van der Waals surface area contributed by atoms with Crippen molar-refractivity contribution in [1.82, 2.24) is 5.32 Å². The largest absolute Gasteiger partial charge is 0.385 e. The molecule has 0 saturated carbocycles. The molecule has 0 aliphatic carbocycles. The highest BCUT2D eigenvalue weighted by Gasteiger charge is 2.18. The van der Waals surface area contributed by atoms with Crippen molar-refractivity contribution in [2.24, 2.45) is 0 Å². The summed E-state index contributed by atoms with van der Waals surface area (Å²) in [5, 5.41) is 2.99. The Morgan fingerprint density at radius 2 is 2.24 bits per heavy atom. The molecule has 2 atom stereocenters. The van der Waals surface area contributed by atoms with E-state index >= 15 is 0 Å². The first kappa shape index (κ1) is 14.7. The lowest BCUT2D eigenvalue weighted by atomic mass is 10.1. The summed E-state index contributed by atoms with van der Waals surface area (Å²) in [6, 6.07) is 4.10. The van der Waals surface area contributed by atoms with Crippen LogP contribution < -0.4 is 5.32 Å². The van der Waals surface area contributed by atoms with Crippen LogP contribution in [0.3, 0.4) is 0 Å². The molecule has 0 aromatic carbocycles. The Morgan fingerprint density at radius 3 is 2.76 bits per heavy atom. The Morgan fingerprint density at radius 1 is 1.53 bits per heavy atom. The smallest absolute Gasteiger partial charge is 0.228 e. The zero-order valence-electron chi connectivity index (χ0n) is 10.3. The lowest BCUT2D eigenvalue weighted by Gasteiger charge is -2.16. The van der Waals surface area contributed by atoms with Gasteiger partial charge in [0.05, 0.1) is 9.70 Å². The predicted molar refractivity (Wildman–Crippen MR) is 74.5 cm³/mol. The maximum absolute atomic E-state index is 12.0. The van der Waals surface area contributed by atoms with E-state index in [0.717, 1.165) is 15.1 Å². The predicted octanol–water partition coefficient (Wildman–Crippen LogP) is 3.16. The minimum absolute atomic E-state index is 0.0722. The molecule has 1 amide bonds. The van der Waals surface area contributed by atoms with Gasteiger partial charge in [0, 0.05) is 24.6 Å². The normalized spacial score (nSPS) is 14.4. The van der Waals surface area contributed by atoms with E-state index in [1.54, 1.807) is 18.4 Å². The third kappa shape index (κ3) is 4.77. The number of nitrogens with one attached hydrogen (secondary N) is 1. The highest BCUT2D eigenvalue weighted by Crippen LogP contribution is 2.28. The van der Waals surface area contributed by atoms with Crippen LogP contribution in [0.25, 0.3) is 0 Å². The van der Waals surface area contributed by atoms with E-state index in [9.17, 15) is 4.79 Å². The maximum Gasteiger partial charge on any atom is 0.228 e. The Hall–Kier alpha value is -0.390. The summed E-state index contributed by atoms with van der Waals surface area (Å²) in [6.45, 7) is 4.59. The van der Waals surface area contributed by atoms with Crippen molar-refractivity contribution in [3.63, 3.8) is 0 Å². The number of carbonyl (C=O) groups is 1. The van der Waals surface area contributed by atoms with Crippen LogP contribution in [-0.4, -0.2) is 25.7 Å². The molecule has 0 aliphatic heterocycles. The number of methoxy groups -OCH3 is 1. The molecule has 0 fully saturated rings. The van der Waals surface area contributed by atoms with Crippen LogP contribution in [0, 0.1) is 0 Å². The average Bonchev–Trinajstić information content (AvgIpc) is 2.72. The van der Waals surface area contributed by atoms with E-state index in [-0.39, 0.29) is 17.9 Å². The van der Waals surface area contributed by atoms with E-state index < -0.39 is 0 Å². The lowest BCUT2D eigenvalue weighted by molar-refractivity contribution is -0.122. The van der Waals surface area contributed by atoms with Crippen LogP contribution in [0.15, 0.2) is 15.9 Å². The third-order valence-electron chi connectivity index (χ3n) is 2.56. The van der Waals surface area contributed by atoms with Gasteiger partial charge in [0.2, 0.25) is 5.91 Å². The average molecular weight is 320 g/mol. The molecular formula is C12H18BrNO2S. The quantitative estimate of drug-likeness (QED) is 0.874. The van der Waals surface area contributed by atoms with Gasteiger partial charge in [0.15, 0.2) is 0 Å². The number of halogens is 1. The minimum Gasteiger partial charge on any atom is -0.385 e. The minimum atomic E-state index is -0.101. The molecule has 0 radical (unpaired) electrons. The van der Waals surface area contributed by atoms with Crippen molar-refractivity contribution < 1.29 is 9.53 Å². The van der Waals surface area contributed by atoms with Crippen LogP contribution in [-0.2, 0) is 9.53 Å². The van der Waals surface area contributed by atoms with Crippen molar-refractivity contribution in [3.05, 3.63) is 20.8 Å². The molecule has 0 saturated heterocycles. The molecule has 1 heterocycles. The van der Waals surface area contributed by atoms with Gasteiger partial charge in [-0.25, -0.2) is 0 Å². The molecule has 96 valence electrons. The van der Waals surface area contributed by atoms with E-state index in [1.807, 2.05) is 26.0 Å². The molecule has 0 bridgehead atoms. The highest BCUT2D eigenvalue weighted by molar-refractivity contribution is 9.11. The molecule has 0 spiro atoms. The van der Waals surface area contributed by atoms with Gasteiger partial charge >= 0.3 is 0 Å². The van der Waals surface area contributed by atoms with Gasteiger partial charge in [-0.15, -0.1) is 11.3 Å². The first-order chi connectivity index (χ1) is 8.04. The second kappa shape index (κ2) is 7.13. The van der Waals surface area contributed by atoms with Crippen LogP contribution >= 0.6 is 27.3 Å². The molecule has 1 aromatic heterocycles. The van der Waals surface area contributed by atoms with Gasteiger partial charge in [0.1, 0.15) is 0 Å². The van der Waals surface area contributed by atoms with Crippen molar-refractivity contribution >= 4 is 33.2 Å². The Balaban J connectivity index is 2.47. The number of hydrogen-bond acceptors (Lipinski definition) is 3. The molecule has 1 aromatic rings. The Labute approximate surface area is 115 Å². The van der Waals surface area contributed by atoms with Gasteiger partial charge in [-0.05, 0) is 48.3 Å². The first-order valence-electron chi connectivity index (χ1n) is 5.59. The Kier molecular flexibility index (Phi) is 6.16. The van der Waals surface area contributed by atoms with Crippen LogP contribution in [0.1, 0.15) is 31.1 Å². The number of rotatable bonds is 6. The molecular weight excluding hydrogens is 302 g/mol. The Bertz CT molecular complexity index is 367. The summed E-state index contributed by atoms with van der Waals surface area (Å²) >= 11 is 5.01. The van der Waals surface area contributed by atoms with Gasteiger partial charge in [-0.2, -0.15) is 0 Å². The first-order valence-corrected chi connectivity index (χ1v) is 7.20. The number of ether oxygens (including phenoxy) is 1. The lowest BCUT2D eigenvalue weighted by Crippen LogP contribution is -2.35. The van der Waals surface area contributed by atoms with Crippen molar-refractivity contribution in [2.45, 2.75) is 32.2 Å². The van der Waals surface area contributed by atoms with Gasteiger partial charge < -0.3 is 10.1 Å². The monoisotopic (exact) mass is 319 g/mol. The fourth-order valence-corrected chi connectivity index (χ4v) is 2.90. The highest BCUT2D eigenvalue weighted by atomic mass is 79.9. The molecule has 5 heteroatoms. The van der Waals surface area contributed by atoms with Crippen molar-refractivity contribution in [3.8, 4) is 0 Å². The standard InChI is InChI=1S/C12H18BrNO2S/c1-8(6-7-16-3)14-12(15)9(2)10-4-5-11(13)17-10/h4-5,8-9H,6-7H2,1-3H3,(H,14,15).